The second-order valence-corrected chi connectivity index (χ2v) is 5.67. The molecule has 2 rings (SSSR count). The number of hydrogen-bond donors (Lipinski definition) is 0. The van der Waals surface area contributed by atoms with Gasteiger partial charge in [-0.3, -0.25) is 0 Å². The van der Waals surface area contributed by atoms with Gasteiger partial charge in [0.1, 0.15) is 17.4 Å². The van der Waals surface area contributed by atoms with Gasteiger partial charge < -0.3 is 4.74 Å². The van der Waals surface area contributed by atoms with E-state index in [1.165, 1.54) is 0 Å². The van der Waals surface area contributed by atoms with Crippen LogP contribution in [-0.2, 0) is 6.61 Å². The molecule has 0 amide bonds. The number of rotatable bonds is 3. The van der Waals surface area contributed by atoms with Gasteiger partial charge in [-0.05, 0) is 39.5 Å². The molecule has 5 heteroatoms. The summed E-state index contributed by atoms with van der Waals surface area (Å²) in [7, 11) is 0. The minimum atomic E-state index is 0.455. The average molecular weight is 338 g/mol. The summed E-state index contributed by atoms with van der Waals surface area (Å²) in [6.45, 7) is 0.484. The maximum absolute atomic E-state index is 6.01. The van der Waals surface area contributed by atoms with Gasteiger partial charge >= 0.3 is 0 Å². The standard InChI is InChI=1S/C11H7BrCl2OS/c12-7-4-5-16-10(7)6-15-9-3-1-2-8(13)11(9)14/h1-5H,6H2. The maximum Gasteiger partial charge on any atom is 0.139 e. The molecule has 2 aromatic rings. The third kappa shape index (κ3) is 2.72. The fraction of sp³-hybridized carbons (Fsp3) is 0.0909. The van der Waals surface area contributed by atoms with Gasteiger partial charge in [-0.15, -0.1) is 11.3 Å². The third-order valence-electron chi connectivity index (χ3n) is 1.97. The lowest BCUT2D eigenvalue weighted by Gasteiger charge is -2.07. The van der Waals surface area contributed by atoms with Crippen LogP contribution in [0, 0.1) is 0 Å². The molecule has 0 unspecified atom stereocenters. The van der Waals surface area contributed by atoms with E-state index in [4.69, 9.17) is 27.9 Å². The Morgan fingerprint density at radius 3 is 2.75 bits per heavy atom. The van der Waals surface area contributed by atoms with Crippen molar-refractivity contribution in [3.05, 3.63) is 49.0 Å². The van der Waals surface area contributed by atoms with Gasteiger partial charge in [0.2, 0.25) is 0 Å². The fourth-order valence-corrected chi connectivity index (χ4v) is 2.89. The molecule has 1 nitrogen and oxygen atoms in total. The molecule has 0 aliphatic rings. The molecule has 0 saturated carbocycles. The van der Waals surface area contributed by atoms with Crippen molar-refractivity contribution >= 4 is 50.5 Å². The largest absolute Gasteiger partial charge is 0.486 e. The van der Waals surface area contributed by atoms with Gasteiger partial charge in [-0.1, -0.05) is 29.3 Å². The van der Waals surface area contributed by atoms with Crippen LogP contribution in [0.4, 0.5) is 0 Å². The summed E-state index contributed by atoms with van der Waals surface area (Å²) >= 11 is 17.0. The van der Waals surface area contributed by atoms with E-state index in [0.29, 0.717) is 22.4 Å². The molecule has 0 aliphatic carbocycles. The Bertz CT molecular complexity index is 498. The molecule has 1 aromatic heterocycles. The highest BCUT2D eigenvalue weighted by Crippen LogP contribution is 2.33. The van der Waals surface area contributed by atoms with E-state index >= 15 is 0 Å². The summed E-state index contributed by atoms with van der Waals surface area (Å²) in [5.74, 6) is 0.606. The number of hydrogen-bond acceptors (Lipinski definition) is 2. The summed E-state index contributed by atoms with van der Waals surface area (Å²) in [6, 6.07) is 7.34. The molecular formula is C11H7BrCl2OS. The Morgan fingerprint density at radius 1 is 1.25 bits per heavy atom. The van der Waals surface area contributed by atoms with Gasteiger partial charge in [0.15, 0.2) is 0 Å². The smallest absolute Gasteiger partial charge is 0.139 e. The lowest BCUT2D eigenvalue weighted by atomic mass is 10.3. The van der Waals surface area contributed by atoms with Gasteiger partial charge in [0.25, 0.3) is 0 Å². The highest BCUT2D eigenvalue weighted by Gasteiger charge is 2.07. The molecule has 0 radical (unpaired) electrons. The lowest BCUT2D eigenvalue weighted by molar-refractivity contribution is 0.309. The van der Waals surface area contributed by atoms with Gasteiger partial charge in [-0.25, -0.2) is 0 Å². The van der Waals surface area contributed by atoms with E-state index in [2.05, 4.69) is 15.9 Å². The second-order valence-electron chi connectivity index (χ2n) is 3.03. The SMILES string of the molecule is Clc1cccc(OCc2sccc2Br)c1Cl. The van der Waals surface area contributed by atoms with Crippen molar-refractivity contribution in [2.24, 2.45) is 0 Å². The highest BCUT2D eigenvalue weighted by molar-refractivity contribution is 9.10. The molecule has 16 heavy (non-hydrogen) atoms. The normalized spacial score (nSPS) is 10.4. The minimum Gasteiger partial charge on any atom is -0.486 e. The minimum absolute atomic E-state index is 0.455. The van der Waals surface area contributed by atoms with E-state index in [0.717, 1.165) is 9.35 Å². The van der Waals surface area contributed by atoms with Gasteiger partial charge in [0, 0.05) is 4.47 Å². The monoisotopic (exact) mass is 336 g/mol. The topological polar surface area (TPSA) is 9.23 Å². The molecule has 1 aromatic carbocycles. The molecule has 1 heterocycles. The van der Waals surface area contributed by atoms with E-state index < -0.39 is 0 Å². The Morgan fingerprint density at radius 2 is 2.06 bits per heavy atom. The molecule has 0 aliphatic heterocycles. The number of halogens is 3. The first-order valence-electron chi connectivity index (χ1n) is 4.47. The zero-order valence-electron chi connectivity index (χ0n) is 8.04. The Kier molecular flexibility index (Phi) is 4.14. The predicted molar refractivity (Wildman–Crippen MR) is 72.8 cm³/mol. The fourth-order valence-electron chi connectivity index (χ4n) is 1.17. The zero-order valence-corrected chi connectivity index (χ0v) is 12.0. The quantitative estimate of drug-likeness (QED) is 0.728. The first-order valence-corrected chi connectivity index (χ1v) is 6.90. The summed E-state index contributed by atoms with van der Waals surface area (Å²) in [6.07, 6.45) is 0. The van der Waals surface area contributed by atoms with Gasteiger partial charge in [0.05, 0.1) is 9.90 Å². The Balaban J connectivity index is 2.11. The molecule has 0 bridgehead atoms. The maximum atomic E-state index is 6.01. The molecule has 0 fully saturated rings. The summed E-state index contributed by atoms with van der Waals surface area (Å²) in [5, 5.41) is 2.96. The zero-order chi connectivity index (χ0) is 11.5. The van der Waals surface area contributed by atoms with Crippen LogP contribution < -0.4 is 4.74 Å². The summed E-state index contributed by atoms with van der Waals surface area (Å²) < 4.78 is 6.66. The molecule has 84 valence electrons. The van der Waals surface area contributed by atoms with Crippen LogP contribution in [0.5, 0.6) is 5.75 Å². The summed E-state index contributed by atoms with van der Waals surface area (Å²) in [5.41, 5.74) is 0. The van der Waals surface area contributed by atoms with E-state index in [1.54, 1.807) is 23.5 Å². The summed E-state index contributed by atoms with van der Waals surface area (Å²) in [4.78, 5) is 1.12. The van der Waals surface area contributed by atoms with Gasteiger partial charge in [-0.2, -0.15) is 0 Å². The van der Waals surface area contributed by atoms with Crippen molar-refractivity contribution < 1.29 is 4.74 Å². The highest BCUT2D eigenvalue weighted by atomic mass is 79.9. The second kappa shape index (κ2) is 5.41. The van der Waals surface area contributed by atoms with E-state index in [-0.39, 0.29) is 0 Å². The van der Waals surface area contributed by atoms with Crippen LogP contribution in [0.2, 0.25) is 10.0 Å². The Labute approximate surface area is 116 Å². The van der Waals surface area contributed by atoms with Crippen LogP contribution in [-0.4, -0.2) is 0 Å². The first kappa shape index (κ1) is 12.2. The van der Waals surface area contributed by atoms with Crippen LogP contribution in [0.25, 0.3) is 0 Å². The van der Waals surface area contributed by atoms with Crippen LogP contribution in [0.1, 0.15) is 4.88 Å². The molecule has 0 spiro atoms. The lowest BCUT2D eigenvalue weighted by Crippen LogP contribution is -1.94. The Hall–Kier alpha value is -0.220. The van der Waals surface area contributed by atoms with Crippen molar-refractivity contribution in [1.29, 1.82) is 0 Å². The van der Waals surface area contributed by atoms with Crippen LogP contribution in [0.3, 0.4) is 0 Å². The van der Waals surface area contributed by atoms with E-state index in [1.807, 2.05) is 17.5 Å². The van der Waals surface area contributed by atoms with Crippen molar-refractivity contribution in [1.82, 2.24) is 0 Å². The number of thiophene rings is 1. The molecule has 0 atom stereocenters. The molecular weight excluding hydrogens is 331 g/mol. The van der Waals surface area contributed by atoms with Crippen molar-refractivity contribution in [2.45, 2.75) is 6.61 Å². The van der Waals surface area contributed by atoms with Crippen LogP contribution in [0.15, 0.2) is 34.1 Å². The van der Waals surface area contributed by atoms with Crippen molar-refractivity contribution in [3.8, 4) is 5.75 Å². The molecule has 0 saturated heterocycles. The third-order valence-corrected chi connectivity index (χ3v) is 4.67. The number of benzene rings is 1. The van der Waals surface area contributed by atoms with Crippen LogP contribution >= 0.6 is 50.5 Å². The first-order chi connectivity index (χ1) is 7.68. The van der Waals surface area contributed by atoms with Crippen molar-refractivity contribution in [3.63, 3.8) is 0 Å². The molecule has 0 N–H and O–H groups in total. The van der Waals surface area contributed by atoms with Crippen molar-refractivity contribution in [2.75, 3.05) is 0 Å². The predicted octanol–water partition coefficient (Wildman–Crippen LogP) is 5.40. The van der Waals surface area contributed by atoms with E-state index in [9.17, 15) is 0 Å². The number of ether oxygens (including phenoxy) is 1. The average Bonchev–Trinajstić information content (AvgIpc) is 2.67.